The number of H-pyrrole nitrogens is 1. The summed E-state index contributed by atoms with van der Waals surface area (Å²) in [6.45, 7) is 17.2. The van der Waals surface area contributed by atoms with Crippen molar-refractivity contribution in [2.24, 2.45) is 0 Å². The number of piperidine rings is 1. The molecule has 2 fully saturated rings. The van der Waals surface area contributed by atoms with Crippen LogP contribution in [0.3, 0.4) is 0 Å². The Kier molecular flexibility index (Phi) is 9.95. The fourth-order valence-corrected chi connectivity index (χ4v) is 6.57. The lowest BCUT2D eigenvalue weighted by atomic mass is 9.94. The molecule has 9 nitrogen and oxygen atoms in total. The normalized spacial score (nSPS) is 19.3. The van der Waals surface area contributed by atoms with Crippen LogP contribution in [0.2, 0.25) is 0 Å². The molecule has 9 heteroatoms. The van der Waals surface area contributed by atoms with Gasteiger partial charge in [-0.15, -0.1) is 0 Å². The van der Waals surface area contributed by atoms with Crippen LogP contribution >= 0.6 is 0 Å². The number of carbonyl (C=O) groups excluding carboxylic acids is 1. The van der Waals surface area contributed by atoms with Crippen LogP contribution in [-0.4, -0.2) is 72.1 Å². The van der Waals surface area contributed by atoms with Gasteiger partial charge in [0.1, 0.15) is 0 Å². The van der Waals surface area contributed by atoms with Crippen molar-refractivity contribution in [3.8, 4) is 11.1 Å². The second kappa shape index (κ2) is 13.8. The largest absolute Gasteiger partial charge is 0.368 e. The third-order valence-electron chi connectivity index (χ3n) is 8.98. The molecule has 230 valence electrons. The molecule has 0 aliphatic carbocycles. The highest BCUT2D eigenvalue weighted by Gasteiger charge is 2.27. The zero-order valence-electron chi connectivity index (χ0n) is 26.3. The van der Waals surface area contributed by atoms with E-state index in [-0.39, 0.29) is 18.0 Å². The maximum Gasteiger partial charge on any atom is 0.253 e. The molecule has 1 aromatic carbocycles. The minimum Gasteiger partial charge on any atom is -0.368 e. The Morgan fingerprint density at radius 2 is 1.88 bits per heavy atom. The van der Waals surface area contributed by atoms with E-state index < -0.39 is 0 Å². The van der Waals surface area contributed by atoms with Crippen LogP contribution in [0.4, 0.5) is 5.69 Å². The molecule has 2 saturated heterocycles. The van der Waals surface area contributed by atoms with E-state index in [1.54, 1.807) is 0 Å². The van der Waals surface area contributed by atoms with Crippen LogP contribution < -0.4 is 26.4 Å². The van der Waals surface area contributed by atoms with Crippen molar-refractivity contribution in [3.05, 3.63) is 80.5 Å². The number of aromatic amines is 1. The van der Waals surface area contributed by atoms with Gasteiger partial charge >= 0.3 is 0 Å². The van der Waals surface area contributed by atoms with Gasteiger partial charge in [-0.3, -0.25) is 19.5 Å². The summed E-state index contributed by atoms with van der Waals surface area (Å²) in [7, 11) is 0. The first kappa shape index (κ1) is 30.9. The van der Waals surface area contributed by atoms with Crippen molar-refractivity contribution in [1.82, 2.24) is 30.8 Å². The van der Waals surface area contributed by atoms with Gasteiger partial charge in [-0.2, -0.15) is 0 Å². The lowest BCUT2D eigenvalue weighted by Gasteiger charge is -2.39. The van der Waals surface area contributed by atoms with Gasteiger partial charge in [0.25, 0.3) is 11.5 Å². The number of carbonyl (C=O) groups is 1. The fraction of sp³-hybridized carbons (Fsp3) is 0.500. The predicted molar refractivity (Wildman–Crippen MR) is 174 cm³/mol. The van der Waals surface area contributed by atoms with E-state index in [2.05, 4.69) is 62.8 Å². The summed E-state index contributed by atoms with van der Waals surface area (Å²) in [5.74, 6) is -0.182. The predicted octanol–water partition coefficient (Wildman–Crippen LogP) is 3.66. The second-order valence-electron chi connectivity index (χ2n) is 12.2. The maximum atomic E-state index is 13.8. The summed E-state index contributed by atoms with van der Waals surface area (Å²) in [5, 5.41) is 10.0. The van der Waals surface area contributed by atoms with Gasteiger partial charge in [0.05, 0.1) is 5.69 Å². The van der Waals surface area contributed by atoms with Crippen molar-refractivity contribution in [3.63, 3.8) is 0 Å². The Bertz CT molecular complexity index is 1480. The maximum absolute atomic E-state index is 13.8. The molecule has 2 atom stereocenters. The number of hydrogen-bond donors (Lipinski definition) is 4. The van der Waals surface area contributed by atoms with Crippen molar-refractivity contribution in [2.45, 2.75) is 72.6 Å². The van der Waals surface area contributed by atoms with Gasteiger partial charge in [-0.1, -0.05) is 6.07 Å². The number of nitrogens with zero attached hydrogens (tertiary/aromatic N) is 3. The number of piperazine rings is 1. The molecule has 1 unspecified atom stereocenters. The van der Waals surface area contributed by atoms with Gasteiger partial charge in [-0.05, 0) is 95.0 Å². The van der Waals surface area contributed by atoms with Crippen LogP contribution in [0.15, 0.2) is 41.3 Å². The zero-order valence-corrected chi connectivity index (χ0v) is 26.3. The first-order valence-corrected chi connectivity index (χ1v) is 15.7. The first-order valence-electron chi connectivity index (χ1n) is 15.7. The number of benzene rings is 1. The molecule has 1 amide bonds. The lowest BCUT2D eigenvalue weighted by Crippen LogP contribution is -2.47. The van der Waals surface area contributed by atoms with Crippen LogP contribution in [-0.2, 0) is 13.1 Å². The molecular formula is C34H47N7O2. The summed E-state index contributed by atoms with van der Waals surface area (Å²) in [6.07, 6.45) is 4.05. The number of rotatable bonds is 9. The lowest BCUT2D eigenvalue weighted by molar-refractivity contribution is 0.0950. The van der Waals surface area contributed by atoms with E-state index in [1.807, 2.05) is 39.1 Å². The van der Waals surface area contributed by atoms with Crippen molar-refractivity contribution < 1.29 is 4.79 Å². The SMILES string of the molecule is CCN(c1cc(-c2ccc(CN3CCNCC3)nc2)cc(C(=O)NCc2c(C)cc(C)[nH]c2=O)c1C)C1CCN[C@H](C)C1. The smallest absolute Gasteiger partial charge is 0.253 e. The Morgan fingerprint density at radius 1 is 1.09 bits per heavy atom. The molecule has 2 aliphatic rings. The highest BCUT2D eigenvalue weighted by atomic mass is 16.1. The third kappa shape index (κ3) is 7.34. The number of pyridine rings is 2. The van der Waals surface area contributed by atoms with E-state index in [0.29, 0.717) is 23.2 Å². The fourth-order valence-electron chi connectivity index (χ4n) is 6.57. The molecule has 0 saturated carbocycles. The average Bonchev–Trinajstić information content (AvgIpc) is 2.99. The molecule has 43 heavy (non-hydrogen) atoms. The number of aromatic nitrogens is 2. The molecule has 5 rings (SSSR count). The van der Waals surface area contributed by atoms with Crippen LogP contribution in [0.25, 0.3) is 11.1 Å². The first-order chi connectivity index (χ1) is 20.7. The van der Waals surface area contributed by atoms with Crippen LogP contribution in [0.1, 0.15) is 65.1 Å². The Balaban J connectivity index is 1.47. The number of nitrogens with one attached hydrogen (secondary N) is 4. The summed E-state index contributed by atoms with van der Waals surface area (Å²) >= 11 is 0. The zero-order chi connectivity index (χ0) is 30.5. The standard InChI is InChI=1S/C34H47N7O2/c1-6-41(29-9-10-36-23(3)16-29)32-18-27(26-7-8-28(37-19-26)21-40-13-11-35-12-14-40)17-30(25(32)5)33(42)38-20-31-22(2)15-24(4)39-34(31)43/h7-8,15,17-19,23,29,35-36H,6,9-14,16,20-21H2,1-5H3,(H,38,42)(H,39,43)/t23-,29?/m1/s1. The van der Waals surface area contributed by atoms with Gasteiger partial charge in [-0.25, -0.2) is 0 Å². The van der Waals surface area contributed by atoms with E-state index in [4.69, 9.17) is 4.98 Å². The van der Waals surface area contributed by atoms with Gasteiger partial charge in [0.2, 0.25) is 0 Å². The molecule has 4 heterocycles. The molecule has 2 aromatic heterocycles. The summed E-state index contributed by atoms with van der Waals surface area (Å²) in [4.78, 5) is 39.0. The second-order valence-corrected chi connectivity index (χ2v) is 12.2. The molecule has 0 spiro atoms. The van der Waals surface area contributed by atoms with E-state index in [1.165, 1.54) is 0 Å². The number of amides is 1. The quantitative estimate of drug-likeness (QED) is 0.304. The Hall–Kier alpha value is -3.53. The highest BCUT2D eigenvalue weighted by Crippen LogP contribution is 2.34. The van der Waals surface area contributed by atoms with Crippen LogP contribution in [0.5, 0.6) is 0 Å². The van der Waals surface area contributed by atoms with Gasteiger partial charge in [0.15, 0.2) is 0 Å². The Labute approximate surface area is 255 Å². The van der Waals surface area contributed by atoms with E-state index >= 15 is 0 Å². The Morgan fingerprint density at radius 3 is 2.56 bits per heavy atom. The van der Waals surface area contributed by atoms with Crippen LogP contribution in [0, 0.1) is 20.8 Å². The average molecular weight is 586 g/mol. The third-order valence-corrected chi connectivity index (χ3v) is 8.98. The monoisotopic (exact) mass is 585 g/mol. The van der Waals surface area contributed by atoms with E-state index in [9.17, 15) is 9.59 Å². The summed E-state index contributed by atoms with van der Waals surface area (Å²) in [6, 6.07) is 11.2. The minimum atomic E-state index is -0.182. The molecule has 0 bridgehead atoms. The van der Waals surface area contributed by atoms with Gasteiger partial charge < -0.3 is 25.8 Å². The molecular weight excluding hydrogens is 538 g/mol. The molecule has 0 radical (unpaired) electrons. The molecule has 3 aromatic rings. The van der Waals surface area contributed by atoms with Crippen molar-refractivity contribution >= 4 is 11.6 Å². The number of anilines is 1. The highest BCUT2D eigenvalue weighted by molar-refractivity contribution is 5.99. The summed E-state index contributed by atoms with van der Waals surface area (Å²) < 4.78 is 0. The van der Waals surface area contributed by atoms with Crippen molar-refractivity contribution in [1.29, 1.82) is 0 Å². The van der Waals surface area contributed by atoms with Gasteiger partial charge in [0, 0.05) is 92.2 Å². The number of aryl methyl sites for hydroxylation is 2. The van der Waals surface area contributed by atoms with E-state index in [0.717, 1.165) is 98.0 Å². The number of hydrogen-bond acceptors (Lipinski definition) is 7. The minimum absolute atomic E-state index is 0.159. The molecule has 4 N–H and O–H groups in total. The summed E-state index contributed by atoms with van der Waals surface area (Å²) in [5.41, 5.74) is 7.76. The van der Waals surface area contributed by atoms with Crippen molar-refractivity contribution in [2.75, 3.05) is 44.2 Å². The molecule has 2 aliphatic heterocycles. The topological polar surface area (TPSA) is 105 Å².